The molecule has 2 heterocycles. The smallest absolute Gasteiger partial charge is 0.326 e. The van der Waals surface area contributed by atoms with Crippen molar-refractivity contribution in [1.29, 1.82) is 0 Å². The maximum absolute atomic E-state index is 12.4. The number of rotatable bonds is 6. The van der Waals surface area contributed by atoms with Crippen LogP contribution in [0.2, 0.25) is 0 Å². The topological polar surface area (TPSA) is 90.9 Å². The van der Waals surface area contributed by atoms with Gasteiger partial charge in [-0.2, -0.15) is 0 Å². The second-order valence-electron chi connectivity index (χ2n) is 6.94. The zero-order valence-corrected chi connectivity index (χ0v) is 18.1. The van der Waals surface area contributed by atoms with Crippen molar-refractivity contribution in [1.82, 2.24) is 18.7 Å². The largest absolute Gasteiger partial charge is 0.332 e. The Morgan fingerprint density at radius 3 is 2.55 bits per heavy atom. The van der Waals surface area contributed by atoms with Gasteiger partial charge in [-0.25, -0.2) is 9.78 Å². The first kappa shape index (κ1) is 20.9. The summed E-state index contributed by atoms with van der Waals surface area (Å²) in [5, 5.41) is 3.61. The van der Waals surface area contributed by atoms with E-state index in [0.29, 0.717) is 23.0 Å². The van der Waals surface area contributed by atoms with Crippen LogP contribution in [0.3, 0.4) is 0 Å². The zero-order chi connectivity index (χ0) is 21.3. The number of nitrogens with one attached hydrogen (secondary N) is 1. The number of aromatic nitrogens is 4. The lowest BCUT2D eigenvalue weighted by atomic mass is 10.1. The number of anilines is 1. The summed E-state index contributed by atoms with van der Waals surface area (Å²) in [6.07, 6.45) is 1.15. The SMILES string of the molecule is CCc1cccc(C)c1NC(=O)CCSc1nc2c(=O)n(C)c(=O)n(C)c2n1C. The number of hydrogen-bond acceptors (Lipinski definition) is 5. The summed E-state index contributed by atoms with van der Waals surface area (Å²) in [4.78, 5) is 41.3. The van der Waals surface area contributed by atoms with Crippen molar-refractivity contribution in [3.8, 4) is 0 Å². The first-order valence-electron chi connectivity index (χ1n) is 9.39. The number of hydrogen-bond donors (Lipinski definition) is 1. The summed E-state index contributed by atoms with van der Waals surface area (Å²) in [6, 6.07) is 5.98. The molecule has 0 unspecified atom stereocenters. The maximum Gasteiger partial charge on any atom is 0.332 e. The number of nitrogens with zero attached hydrogens (tertiary/aromatic N) is 4. The fourth-order valence-corrected chi connectivity index (χ4v) is 4.23. The van der Waals surface area contributed by atoms with Gasteiger partial charge in [-0.05, 0) is 24.5 Å². The Balaban J connectivity index is 1.74. The molecule has 0 atom stereocenters. The molecule has 29 heavy (non-hydrogen) atoms. The highest BCUT2D eigenvalue weighted by molar-refractivity contribution is 7.99. The van der Waals surface area contributed by atoms with Gasteiger partial charge >= 0.3 is 5.69 Å². The molecule has 0 fully saturated rings. The molecular weight excluding hydrogens is 390 g/mol. The molecule has 1 N–H and O–H groups in total. The van der Waals surface area contributed by atoms with E-state index in [1.807, 2.05) is 25.1 Å². The minimum absolute atomic E-state index is 0.0661. The third-order valence-electron chi connectivity index (χ3n) is 4.99. The molecule has 8 nitrogen and oxygen atoms in total. The Morgan fingerprint density at radius 2 is 1.86 bits per heavy atom. The van der Waals surface area contributed by atoms with Gasteiger partial charge < -0.3 is 9.88 Å². The Kier molecular flexibility index (Phi) is 5.97. The first-order valence-corrected chi connectivity index (χ1v) is 10.4. The lowest BCUT2D eigenvalue weighted by molar-refractivity contribution is -0.115. The van der Waals surface area contributed by atoms with E-state index < -0.39 is 11.2 Å². The van der Waals surface area contributed by atoms with Crippen LogP contribution in [0.1, 0.15) is 24.5 Å². The number of imidazole rings is 1. The number of carbonyl (C=O) groups is 1. The van der Waals surface area contributed by atoms with Crippen molar-refractivity contribution in [2.45, 2.75) is 31.8 Å². The van der Waals surface area contributed by atoms with E-state index in [-0.39, 0.29) is 11.4 Å². The summed E-state index contributed by atoms with van der Waals surface area (Å²) in [5.74, 6) is 0.438. The Bertz CT molecular complexity index is 1210. The zero-order valence-electron chi connectivity index (χ0n) is 17.3. The van der Waals surface area contributed by atoms with Crippen LogP contribution in [0.5, 0.6) is 0 Å². The van der Waals surface area contributed by atoms with Gasteiger partial charge in [0, 0.05) is 39.0 Å². The van der Waals surface area contributed by atoms with Crippen LogP contribution in [-0.2, 0) is 32.4 Å². The first-order chi connectivity index (χ1) is 13.8. The van der Waals surface area contributed by atoms with Crippen LogP contribution in [0, 0.1) is 6.92 Å². The van der Waals surface area contributed by atoms with Gasteiger partial charge in [0.15, 0.2) is 16.3 Å². The summed E-state index contributed by atoms with van der Waals surface area (Å²) in [7, 11) is 4.81. The lowest BCUT2D eigenvalue weighted by Gasteiger charge is -2.12. The highest BCUT2D eigenvalue weighted by atomic mass is 32.2. The van der Waals surface area contributed by atoms with E-state index in [4.69, 9.17) is 0 Å². The number of carbonyl (C=O) groups excluding carboxylic acids is 1. The van der Waals surface area contributed by atoms with Gasteiger partial charge in [0.2, 0.25) is 5.91 Å². The predicted octanol–water partition coefficient (Wildman–Crippen LogP) is 1.96. The Morgan fingerprint density at radius 1 is 1.14 bits per heavy atom. The molecule has 1 amide bonds. The fraction of sp³-hybridized carbons (Fsp3) is 0.400. The molecule has 0 radical (unpaired) electrons. The maximum atomic E-state index is 12.4. The monoisotopic (exact) mass is 415 g/mol. The molecule has 0 spiro atoms. The molecule has 9 heteroatoms. The van der Waals surface area contributed by atoms with Gasteiger partial charge in [0.05, 0.1) is 0 Å². The molecular formula is C20H25N5O3S. The van der Waals surface area contributed by atoms with Gasteiger partial charge in [-0.3, -0.25) is 18.7 Å². The summed E-state index contributed by atoms with van der Waals surface area (Å²) >= 11 is 1.38. The number of amides is 1. The molecule has 2 aromatic heterocycles. The van der Waals surface area contributed by atoms with Crippen LogP contribution in [0.15, 0.2) is 32.9 Å². The third-order valence-corrected chi connectivity index (χ3v) is 6.02. The molecule has 0 bridgehead atoms. The summed E-state index contributed by atoms with van der Waals surface area (Å²) in [5.41, 5.74) is 2.93. The quantitative estimate of drug-likeness (QED) is 0.622. The van der Waals surface area contributed by atoms with Crippen molar-refractivity contribution in [2.24, 2.45) is 21.1 Å². The van der Waals surface area contributed by atoms with E-state index >= 15 is 0 Å². The standard InChI is InChI=1S/C20H25N5O3S/c1-6-13-9-7-8-12(2)15(13)21-14(26)10-11-29-19-22-16-17(23(19)3)24(4)20(28)25(5)18(16)27/h7-9H,6,10-11H2,1-5H3,(H,21,26). The van der Waals surface area contributed by atoms with Crippen molar-refractivity contribution in [3.05, 3.63) is 50.2 Å². The number of aryl methyl sites for hydroxylation is 4. The highest BCUT2D eigenvalue weighted by Crippen LogP contribution is 2.23. The van der Waals surface area contributed by atoms with Gasteiger partial charge in [-0.1, -0.05) is 36.9 Å². The van der Waals surface area contributed by atoms with Gasteiger partial charge in [-0.15, -0.1) is 0 Å². The second kappa shape index (κ2) is 8.28. The predicted molar refractivity (Wildman–Crippen MR) is 116 cm³/mol. The average molecular weight is 416 g/mol. The average Bonchev–Trinajstić information content (AvgIpc) is 3.03. The summed E-state index contributed by atoms with van der Waals surface area (Å²) in [6.45, 7) is 4.04. The minimum Gasteiger partial charge on any atom is -0.326 e. The van der Waals surface area contributed by atoms with Crippen LogP contribution in [0.4, 0.5) is 5.69 Å². The van der Waals surface area contributed by atoms with Gasteiger partial charge in [0.25, 0.3) is 5.56 Å². The molecule has 3 rings (SSSR count). The third kappa shape index (κ3) is 3.87. The van der Waals surface area contributed by atoms with E-state index in [0.717, 1.165) is 27.8 Å². The van der Waals surface area contributed by atoms with Crippen molar-refractivity contribution in [2.75, 3.05) is 11.1 Å². The van der Waals surface area contributed by atoms with Crippen LogP contribution in [-0.4, -0.2) is 30.3 Å². The minimum atomic E-state index is -0.421. The van der Waals surface area contributed by atoms with E-state index in [2.05, 4.69) is 17.2 Å². The Hall–Kier alpha value is -2.81. The number of thioether (sulfide) groups is 1. The molecule has 0 saturated heterocycles. The number of fused-ring (bicyclic) bond motifs is 1. The molecule has 0 aliphatic carbocycles. The molecule has 1 aromatic carbocycles. The molecule has 3 aromatic rings. The number of para-hydroxylation sites is 1. The second-order valence-corrected chi connectivity index (χ2v) is 8.00. The Labute approximate surface area is 172 Å². The lowest BCUT2D eigenvalue weighted by Crippen LogP contribution is -2.37. The van der Waals surface area contributed by atoms with Crippen molar-refractivity contribution in [3.63, 3.8) is 0 Å². The van der Waals surface area contributed by atoms with E-state index in [1.165, 1.54) is 23.4 Å². The van der Waals surface area contributed by atoms with Gasteiger partial charge in [0.1, 0.15) is 0 Å². The number of benzene rings is 1. The fourth-order valence-electron chi connectivity index (χ4n) is 3.33. The van der Waals surface area contributed by atoms with E-state index in [1.54, 1.807) is 18.7 Å². The molecule has 0 aliphatic rings. The normalized spacial score (nSPS) is 11.2. The highest BCUT2D eigenvalue weighted by Gasteiger charge is 2.17. The molecule has 0 aliphatic heterocycles. The van der Waals surface area contributed by atoms with Crippen LogP contribution in [0.25, 0.3) is 11.2 Å². The molecule has 0 saturated carbocycles. The van der Waals surface area contributed by atoms with Crippen molar-refractivity contribution >= 4 is 34.5 Å². The van der Waals surface area contributed by atoms with Crippen molar-refractivity contribution < 1.29 is 4.79 Å². The van der Waals surface area contributed by atoms with Crippen LogP contribution < -0.4 is 16.6 Å². The molecule has 154 valence electrons. The van der Waals surface area contributed by atoms with Crippen LogP contribution >= 0.6 is 11.8 Å². The van der Waals surface area contributed by atoms with E-state index in [9.17, 15) is 14.4 Å². The summed E-state index contributed by atoms with van der Waals surface area (Å²) < 4.78 is 4.17.